The molecule has 0 amide bonds. The molecule has 3 rings (SSSR count). The highest BCUT2D eigenvalue weighted by atomic mass is 35.5. The van der Waals surface area contributed by atoms with Crippen molar-refractivity contribution < 1.29 is 4.79 Å². The molecule has 1 saturated carbocycles. The lowest BCUT2D eigenvalue weighted by Gasteiger charge is -2.36. The molecule has 0 saturated heterocycles. The number of carbonyl (C=O) groups excluding carboxylic acids is 1. The van der Waals surface area contributed by atoms with Crippen molar-refractivity contribution in [2.75, 3.05) is 0 Å². The van der Waals surface area contributed by atoms with Crippen LogP contribution in [0.15, 0.2) is 29.4 Å². The van der Waals surface area contributed by atoms with Gasteiger partial charge < -0.3 is 5.43 Å². The van der Waals surface area contributed by atoms with Gasteiger partial charge in [0.25, 0.3) is 0 Å². The molecule has 2 unspecified atom stereocenters. The minimum absolute atomic E-state index is 0.0523. The van der Waals surface area contributed by atoms with Crippen LogP contribution in [0.25, 0.3) is 0 Å². The molecule has 0 radical (unpaired) electrons. The van der Waals surface area contributed by atoms with Gasteiger partial charge in [0.2, 0.25) is 0 Å². The average molecular weight is 277 g/mol. The van der Waals surface area contributed by atoms with Crippen LogP contribution in [0, 0.1) is 11.3 Å². The summed E-state index contributed by atoms with van der Waals surface area (Å²) in [7, 11) is 0. The van der Waals surface area contributed by atoms with Crippen LogP contribution in [-0.2, 0) is 4.79 Å². The lowest BCUT2D eigenvalue weighted by molar-refractivity contribution is -0.126. The number of nitrogens with one attached hydrogen (secondary N) is 1. The maximum absolute atomic E-state index is 12.4. The first kappa shape index (κ1) is 12.7. The number of benzene rings is 1. The summed E-state index contributed by atoms with van der Waals surface area (Å²) in [6.45, 7) is 4.27. The highest BCUT2D eigenvalue weighted by Gasteiger charge is 2.46. The lowest BCUT2D eigenvalue weighted by atomic mass is 9.68. The number of hydrazone groups is 1. The van der Waals surface area contributed by atoms with Gasteiger partial charge in [-0.05, 0) is 17.9 Å². The van der Waals surface area contributed by atoms with Crippen molar-refractivity contribution >= 4 is 23.1 Å². The van der Waals surface area contributed by atoms with Crippen molar-refractivity contribution in [3.05, 3.63) is 34.9 Å². The van der Waals surface area contributed by atoms with Gasteiger partial charge in [-0.3, -0.25) is 4.79 Å². The number of carbonyl (C=O) groups is 1. The molecule has 1 aliphatic carbocycles. The van der Waals surface area contributed by atoms with Crippen LogP contribution in [0.5, 0.6) is 0 Å². The van der Waals surface area contributed by atoms with Gasteiger partial charge in [0, 0.05) is 17.0 Å². The maximum Gasteiger partial charge on any atom is 0.144 e. The van der Waals surface area contributed by atoms with Gasteiger partial charge in [0.15, 0.2) is 0 Å². The van der Waals surface area contributed by atoms with E-state index in [-0.39, 0.29) is 23.2 Å². The van der Waals surface area contributed by atoms with E-state index in [1.54, 1.807) is 0 Å². The lowest BCUT2D eigenvalue weighted by Crippen LogP contribution is -2.45. The Morgan fingerprint density at radius 1 is 1.37 bits per heavy atom. The summed E-state index contributed by atoms with van der Waals surface area (Å²) in [6.07, 6.45) is 1.57. The highest BCUT2D eigenvalue weighted by Crippen LogP contribution is 2.40. The quantitative estimate of drug-likeness (QED) is 0.857. The highest BCUT2D eigenvalue weighted by molar-refractivity contribution is 6.35. The molecule has 19 heavy (non-hydrogen) atoms. The van der Waals surface area contributed by atoms with Crippen molar-refractivity contribution in [2.24, 2.45) is 16.4 Å². The molecule has 3 nitrogen and oxygen atoms in total. The summed E-state index contributed by atoms with van der Waals surface area (Å²) < 4.78 is 0. The Balaban J connectivity index is 1.95. The van der Waals surface area contributed by atoms with Crippen LogP contribution >= 0.6 is 11.6 Å². The van der Waals surface area contributed by atoms with E-state index >= 15 is 0 Å². The number of hydrogen-bond donors (Lipinski definition) is 1. The monoisotopic (exact) mass is 276 g/mol. The van der Waals surface area contributed by atoms with Gasteiger partial charge in [-0.1, -0.05) is 43.6 Å². The Bertz CT molecular complexity index is 565. The molecule has 1 aromatic rings. The van der Waals surface area contributed by atoms with E-state index in [9.17, 15) is 4.79 Å². The zero-order chi connectivity index (χ0) is 13.6. The summed E-state index contributed by atoms with van der Waals surface area (Å²) in [5.41, 5.74) is 4.86. The molecule has 1 heterocycles. The Kier molecular flexibility index (Phi) is 2.90. The van der Waals surface area contributed by atoms with Gasteiger partial charge in [-0.25, -0.2) is 0 Å². The first-order chi connectivity index (χ1) is 8.98. The third-order valence-electron chi connectivity index (χ3n) is 3.97. The van der Waals surface area contributed by atoms with Gasteiger partial charge in [-0.2, -0.15) is 5.10 Å². The SMILES string of the molecule is CC1(C)CC(=O)C2C(c3ccccc3Cl)=NNC2C1. The molecule has 0 aromatic heterocycles. The number of halogens is 1. The summed E-state index contributed by atoms with van der Waals surface area (Å²) >= 11 is 6.22. The Hall–Kier alpha value is -1.35. The second-order valence-electron chi connectivity index (χ2n) is 6.20. The first-order valence-corrected chi connectivity index (χ1v) is 6.96. The average Bonchev–Trinajstić information content (AvgIpc) is 2.71. The van der Waals surface area contributed by atoms with Gasteiger partial charge >= 0.3 is 0 Å². The Morgan fingerprint density at radius 2 is 2.11 bits per heavy atom. The molecule has 100 valence electrons. The summed E-state index contributed by atoms with van der Waals surface area (Å²) in [4.78, 5) is 12.4. The minimum Gasteiger partial charge on any atom is -0.306 e. The van der Waals surface area contributed by atoms with E-state index in [0.29, 0.717) is 11.4 Å². The minimum atomic E-state index is -0.145. The molecular weight excluding hydrogens is 260 g/mol. The smallest absolute Gasteiger partial charge is 0.144 e. The van der Waals surface area contributed by atoms with Gasteiger partial charge in [0.1, 0.15) is 5.78 Å². The number of hydrogen-bond acceptors (Lipinski definition) is 3. The summed E-state index contributed by atoms with van der Waals surface area (Å²) in [6, 6.07) is 7.69. The third-order valence-corrected chi connectivity index (χ3v) is 4.30. The molecular formula is C15H17ClN2O. The number of rotatable bonds is 1. The fourth-order valence-corrected chi connectivity index (χ4v) is 3.41. The van der Waals surface area contributed by atoms with Crippen LogP contribution in [-0.4, -0.2) is 17.5 Å². The van der Waals surface area contributed by atoms with Crippen molar-refractivity contribution in [2.45, 2.75) is 32.7 Å². The van der Waals surface area contributed by atoms with E-state index in [0.717, 1.165) is 17.7 Å². The first-order valence-electron chi connectivity index (χ1n) is 6.59. The van der Waals surface area contributed by atoms with Crippen LogP contribution < -0.4 is 5.43 Å². The number of ketones is 1. The van der Waals surface area contributed by atoms with Crippen LogP contribution in [0.1, 0.15) is 32.3 Å². The molecule has 1 aliphatic heterocycles. The van der Waals surface area contributed by atoms with E-state index in [2.05, 4.69) is 24.4 Å². The number of fused-ring (bicyclic) bond motifs is 1. The molecule has 1 fully saturated rings. The van der Waals surface area contributed by atoms with Crippen LogP contribution in [0.4, 0.5) is 0 Å². The number of Topliss-reactive ketones (excluding diaryl/α,β-unsaturated/α-hetero) is 1. The molecule has 1 aromatic carbocycles. The predicted molar refractivity (Wildman–Crippen MR) is 76.4 cm³/mol. The molecule has 1 N–H and O–H groups in total. The van der Waals surface area contributed by atoms with E-state index < -0.39 is 0 Å². The predicted octanol–water partition coefficient (Wildman–Crippen LogP) is 3.02. The van der Waals surface area contributed by atoms with Crippen molar-refractivity contribution in [3.8, 4) is 0 Å². The van der Waals surface area contributed by atoms with Crippen LogP contribution in [0.3, 0.4) is 0 Å². The van der Waals surface area contributed by atoms with Crippen molar-refractivity contribution in [1.29, 1.82) is 0 Å². The van der Waals surface area contributed by atoms with Crippen LogP contribution in [0.2, 0.25) is 5.02 Å². The van der Waals surface area contributed by atoms with E-state index in [1.807, 2.05) is 24.3 Å². The normalized spacial score (nSPS) is 28.6. The molecule has 0 spiro atoms. The summed E-state index contributed by atoms with van der Waals surface area (Å²) in [5, 5.41) is 5.04. The Morgan fingerprint density at radius 3 is 2.84 bits per heavy atom. The molecule has 2 atom stereocenters. The maximum atomic E-state index is 12.4. The zero-order valence-corrected chi connectivity index (χ0v) is 11.9. The standard InChI is InChI=1S/C15H17ClN2O/c1-15(2)7-11-13(12(19)8-15)14(18-17-11)9-5-3-4-6-10(9)16/h3-6,11,13,17H,7-8H2,1-2H3. The van der Waals surface area contributed by atoms with Gasteiger partial charge in [0.05, 0.1) is 17.7 Å². The summed E-state index contributed by atoms with van der Waals surface area (Å²) in [5.74, 6) is 0.123. The third kappa shape index (κ3) is 2.16. The van der Waals surface area contributed by atoms with E-state index in [4.69, 9.17) is 11.6 Å². The second-order valence-corrected chi connectivity index (χ2v) is 6.61. The second kappa shape index (κ2) is 4.34. The molecule has 0 bridgehead atoms. The molecule has 4 heteroatoms. The fourth-order valence-electron chi connectivity index (χ4n) is 3.17. The van der Waals surface area contributed by atoms with Gasteiger partial charge in [-0.15, -0.1) is 0 Å². The fraction of sp³-hybridized carbons (Fsp3) is 0.467. The van der Waals surface area contributed by atoms with Crippen molar-refractivity contribution in [3.63, 3.8) is 0 Å². The largest absolute Gasteiger partial charge is 0.306 e. The number of nitrogens with zero attached hydrogens (tertiary/aromatic N) is 1. The molecule has 2 aliphatic rings. The van der Waals surface area contributed by atoms with Crippen molar-refractivity contribution in [1.82, 2.24) is 5.43 Å². The Labute approximate surface area is 118 Å². The topological polar surface area (TPSA) is 41.5 Å². The van der Waals surface area contributed by atoms with E-state index in [1.165, 1.54) is 0 Å². The zero-order valence-electron chi connectivity index (χ0n) is 11.1.